The lowest BCUT2D eigenvalue weighted by molar-refractivity contribution is -0.147. The van der Waals surface area contributed by atoms with Crippen LogP contribution in [0, 0.1) is 28.1 Å². The maximum absolute atomic E-state index is 12.3. The average Bonchev–Trinajstić information content (AvgIpc) is 2.92. The van der Waals surface area contributed by atoms with Crippen molar-refractivity contribution >= 4 is 16.9 Å². The zero-order valence-corrected chi connectivity index (χ0v) is 21.5. The van der Waals surface area contributed by atoms with E-state index in [2.05, 4.69) is 27.2 Å². The third kappa shape index (κ3) is 5.25. The number of aromatic nitrogens is 1. The normalized spacial score (nSPS) is 24.2. The molecule has 38 heavy (non-hydrogen) atoms. The predicted molar refractivity (Wildman–Crippen MR) is 144 cm³/mol. The number of hydrogen-bond acceptors (Lipinski definition) is 7. The lowest BCUT2D eigenvalue weighted by Crippen LogP contribution is -2.52. The fraction of sp³-hybridized carbons (Fsp3) is 0.433. The van der Waals surface area contributed by atoms with Gasteiger partial charge in [0.1, 0.15) is 11.8 Å². The average molecular weight is 513 g/mol. The number of methoxy groups -OCH3 is 1. The molecule has 1 aliphatic heterocycles. The summed E-state index contributed by atoms with van der Waals surface area (Å²) in [6.07, 6.45) is 5.57. The Bertz CT molecular complexity index is 1360. The van der Waals surface area contributed by atoms with Crippen LogP contribution in [-0.4, -0.2) is 47.2 Å². The molecule has 2 aliphatic rings. The van der Waals surface area contributed by atoms with Crippen molar-refractivity contribution in [1.82, 2.24) is 9.88 Å². The number of nitroso groups, excluding NO2 is 1. The molecule has 1 aromatic heterocycles. The molecule has 8 heteroatoms. The molecule has 5 rings (SSSR count). The molecule has 0 spiro atoms. The molecule has 0 amide bonds. The van der Waals surface area contributed by atoms with Gasteiger partial charge in [-0.15, -0.1) is 0 Å². The van der Waals surface area contributed by atoms with Crippen molar-refractivity contribution in [3.05, 3.63) is 76.3 Å². The number of carboxylic acids is 1. The minimum atomic E-state index is -0.771. The van der Waals surface area contributed by atoms with E-state index in [0.29, 0.717) is 42.7 Å². The van der Waals surface area contributed by atoms with Crippen molar-refractivity contribution in [2.75, 3.05) is 20.2 Å². The second kappa shape index (κ2) is 11.3. The quantitative estimate of drug-likeness (QED) is 0.367. The largest absolute Gasteiger partial charge is 0.497 e. The van der Waals surface area contributed by atoms with Gasteiger partial charge in [-0.2, -0.15) is 10.2 Å². The lowest BCUT2D eigenvalue weighted by atomic mass is 9.73. The lowest BCUT2D eigenvalue weighted by Gasteiger charge is -2.47. The molecule has 2 fully saturated rings. The van der Waals surface area contributed by atoms with Crippen molar-refractivity contribution in [2.24, 2.45) is 17.0 Å². The van der Waals surface area contributed by atoms with Crippen LogP contribution in [0.1, 0.15) is 60.8 Å². The van der Waals surface area contributed by atoms with Gasteiger partial charge in [-0.3, -0.25) is 14.7 Å². The zero-order chi connectivity index (χ0) is 26.6. The van der Waals surface area contributed by atoms with Crippen LogP contribution in [0.25, 0.3) is 10.9 Å². The Balaban J connectivity index is 1.22. The smallest absolute Gasteiger partial charge is 0.308 e. The van der Waals surface area contributed by atoms with Gasteiger partial charge in [-0.1, -0.05) is 17.3 Å². The van der Waals surface area contributed by atoms with E-state index in [4.69, 9.17) is 4.74 Å². The van der Waals surface area contributed by atoms with E-state index < -0.39 is 17.9 Å². The zero-order valence-electron chi connectivity index (χ0n) is 21.5. The van der Waals surface area contributed by atoms with E-state index in [-0.39, 0.29) is 5.92 Å². The number of carbonyl (C=O) groups is 1. The standard InChI is InChI=1S/C30H32N4O4/c1-38-24-6-8-28-26(16-24)25(9-11-32-28)29(33-37)7-5-20-10-12-34(18-27(20)30(35)36)23-14-22(15-23)21-4-2-3-19(13-21)17-31/h2-4,6,8-9,11,13,16,20,22-23,27,29H,5,7,10,12,14-15,18H2,1H3,(H,35,36)/t20-,22?,23?,27+,29+/m1/s1. The second-order valence-corrected chi connectivity index (χ2v) is 10.5. The molecule has 0 radical (unpaired) electrons. The fourth-order valence-corrected chi connectivity index (χ4v) is 6.20. The Morgan fingerprint density at radius 2 is 2.11 bits per heavy atom. The number of pyridine rings is 1. The Kier molecular flexibility index (Phi) is 7.66. The van der Waals surface area contributed by atoms with Crippen molar-refractivity contribution in [3.8, 4) is 11.8 Å². The number of ether oxygens (including phenoxy) is 1. The first-order valence-electron chi connectivity index (χ1n) is 13.2. The molecule has 196 valence electrons. The van der Waals surface area contributed by atoms with Gasteiger partial charge >= 0.3 is 5.97 Å². The fourth-order valence-electron chi connectivity index (χ4n) is 6.20. The number of hydrogen-bond donors (Lipinski definition) is 1. The second-order valence-electron chi connectivity index (χ2n) is 10.5. The number of likely N-dealkylation sites (tertiary alicyclic amines) is 1. The van der Waals surface area contributed by atoms with E-state index in [1.165, 1.54) is 5.56 Å². The highest BCUT2D eigenvalue weighted by atomic mass is 16.5. The summed E-state index contributed by atoms with van der Waals surface area (Å²) < 4.78 is 5.35. The number of nitrogens with zero attached hydrogens (tertiary/aromatic N) is 4. The summed E-state index contributed by atoms with van der Waals surface area (Å²) in [5.74, 6) is -0.134. The molecular weight excluding hydrogens is 480 g/mol. The molecule has 3 aromatic rings. The summed E-state index contributed by atoms with van der Waals surface area (Å²) in [5.41, 5.74) is 3.44. The van der Waals surface area contributed by atoms with Crippen LogP contribution in [0.15, 0.2) is 59.9 Å². The SMILES string of the molecule is COc1ccc2nccc([C@H](CC[C@@H]3CCN(C4CC(c5cccc(C#N)c5)C4)C[C@@H]3C(=O)O)N=O)c2c1. The molecular formula is C30H32N4O4. The third-order valence-corrected chi connectivity index (χ3v) is 8.50. The van der Waals surface area contributed by atoms with Crippen LogP contribution in [0.5, 0.6) is 5.75 Å². The van der Waals surface area contributed by atoms with Gasteiger partial charge in [0.25, 0.3) is 0 Å². The van der Waals surface area contributed by atoms with E-state index in [1.54, 1.807) is 13.3 Å². The van der Waals surface area contributed by atoms with Crippen LogP contribution < -0.4 is 4.74 Å². The topological polar surface area (TPSA) is 116 Å². The van der Waals surface area contributed by atoms with Crippen LogP contribution >= 0.6 is 0 Å². The number of aliphatic carboxylic acids is 1. The van der Waals surface area contributed by atoms with Crippen molar-refractivity contribution in [2.45, 2.75) is 50.1 Å². The molecule has 1 saturated heterocycles. The summed E-state index contributed by atoms with van der Waals surface area (Å²) >= 11 is 0. The summed E-state index contributed by atoms with van der Waals surface area (Å²) in [6, 6.07) is 17.2. The van der Waals surface area contributed by atoms with Gasteiger partial charge in [0.15, 0.2) is 0 Å². The third-order valence-electron chi connectivity index (χ3n) is 8.50. The van der Waals surface area contributed by atoms with Crippen LogP contribution in [0.4, 0.5) is 0 Å². The minimum Gasteiger partial charge on any atom is -0.497 e. The van der Waals surface area contributed by atoms with E-state index in [1.807, 2.05) is 42.5 Å². The first kappa shape index (κ1) is 25.8. The number of piperidine rings is 1. The number of nitriles is 1. The molecule has 8 nitrogen and oxygen atoms in total. The molecule has 1 N–H and O–H groups in total. The minimum absolute atomic E-state index is 0.00109. The molecule has 1 saturated carbocycles. The summed E-state index contributed by atoms with van der Waals surface area (Å²) in [5, 5.41) is 23.5. The maximum atomic E-state index is 12.3. The van der Waals surface area contributed by atoms with E-state index in [0.717, 1.165) is 42.3 Å². The Morgan fingerprint density at radius 3 is 2.84 bits per heavy atom. The van der Waals surface area contributed by atoms with Crippen LogP contribution in [0.3, 0.4) is 0 Å². The molecule has 1 aliphatic carbocycles. The highest BCUT2D eigenvalue weighted by Gasteiger charge is 2.41. The summed E-state index contributed by atoms with van der Waals surface area (Å²) in [4.78, 5) is 30.9. The Morgan fingerprint density at radius 1 is 1.26 bits per heavy atom. The summed E-state index contributed by atoms with van der Waals surface area (Å²) in [6.45, 7) is 1.39. The number of rotatable bonds is 9. The maximum Gasteiger partial charge on any atom is 0.308 e. The van der Waals surface area contributed by atoms with Gasteiger partial charge in [-0.05, 0) is 98.0 Å². The predicted octanol–water partition coefficient (Wildman–Crippen LogP) is 5.67. The van der Waals surface area contributed by atoms with Gasteiger partial charge in [0.2, 0.25) is 0 Å². The molecule has 2 aromatic carbocycles. The van der Waals surface area contributed by atoms with Crippen LogP contribution in [-0.2, 0) is 4.79 Å². The Hall–Kier alpha value is -3.83. The molecule has 3 atom stereocenters. The first-order valence-corrected chi connectivity index (χ1v) is 13.2. The highest BCUT2D eigenvalue weighted by molar-refractivity contribution is 5.84. The monoisotopic (exact) mass is 512 g/mol. The van der Waals surface area contributed by atoms with Gasteiger partial charge in [-0.25, -0.2) is 0 Å². The number of carboxylic acid groups (broad SMARTS) is 1. The van der Waals surface area contributed by atoms with Crippen molar-refractivity contribution in [1.29, 1.82) is 5.26 Å². The van der Waals surface area contributed by atoms with Gasteiger partial charge in [0.05, 0.1) is 30.2 Å². The van der Waals surface area contributed by atoms with Crippen molar-refractivity contribution in [3.63, 3.8) is 0 Å². The van der Waals surface area contributed by atoms with Gasteiger partial charge in [0, 0.05) is 24.2 Å². The van der Waals surface area contributed by atoms with E-state index in [9.17, 15) is 20.1 Å². The molecule has 0 bridgehead atoms. The molecule has 0 unspecified atom stereocenters. The highest BCUT2D eigenvalue weighted by Crippen LogP contribution is 2.43. The number of benzene rings is 2. The Labute approximate surface area is 222 Å². The van der Waals surface area contributed by atoms with Gasteiger partial charge < -0.3 is 9.84 Å². The summed E-state index contributed by atoms with van der Waals surface area (Å²) in [7, 11) is 1.60. The van der Waals surface area contributed by atoms with Crippen molar-refractivity contribution < 1.29 is 14.6 Å². The number of fused-ring (bicyclic) bond motifs is 1. The molecule has 2 heterocycles. The van der Waals surface area contributed by atoms with Crippen LogP contribution in [0.2, 0.25) is 0 Å². The first-order chi connectivity index (χ1) is 18.5. The van der Waals surface area contributed by atoms with E-state index >= 15 is 0 Å².